The number of para-hydroxylation sites is 1. The number of hydrogen-bond donors (Lipinski definition) is 1. The number of nitrogens with zero attached hydrogens (tertiary/aromatic N) is 1. The van der Waals surface area contributed by atoms with Crippen molar-refractivity contribution in [3.63, 3.8) is 0 Å². The maximum atomic E-state index is 11.9. The largest absolute Gasteiger partial charge is 0.433 e. The molecule has 7 nitrogen and oxygen atoms in total. The molecule has 0 saturated heterocycles. The molecule has 0 aliphatic rings. The Labute approximate surface area is 127 Å². The molecule has 1 N–H and O–H groups in total. The summed E-state index contributed by atoms with van der Waals surface area (Å²) in [5.74, 6) is -1.04. The average Bonchev–Trinajstić information content (AvgIpc) is 2.96. The van der Waals surface area contributed by atoms with E-state index in [2.05, 4.69) is 15.9 Å². The van der Waals surface area contributed by atoms with E-state index in [1.165, 1.54) is 6.07 Å². The zero-order valence-electron chi connectivity index (χ0n) is 10.5. The molecule has 0 amide bonds. The molecular weight excluding hydrogens is 346 g/mol. The number of nitro groups is 1. The fraction of sp³-hybridized carbons (Fsp3) is 0.154. The van der Waals surface area contributed by atoms with E-state index in [0.717, 1.165) is 6.07 Å². The molecule has 0 spiro atoms. The molecule has 21 heavy (non-hydrogen) atoms. The van der Waals surface area contributed by atoms with Crippen LogP contribution in [0.4, 0.5) is 5.88 Å². The molecule has 0 saturated carbocycles. The smallest absolute Gasteiger partial charge is 0.426 e. The minimum Gasteiger partial charge on any atom is -0.426 e. The van der Waals surface area contributed by atoms with Gasteiger partial charge in [-0.1, -0.05) is 34.1 Å². The Kier molecular flexibility index (Phi) is 4.71. The maximum absolute atomic E-state index is 11.9. The number of rotatable bonds is 5. The predicted molar refractivity (Wildman–Crippen MR) is 75.1 cm³/mol. The maximum Gasteiger partial charge on any atom is 0.433 e. The lowest BCUT2D eigenvalue weighted by Crippen LogP contribution is -2.26. The first-order valence-electron chi connectivity index (χ1n) is 5.82. The van der Waals surface area contributed by atoms with E-state index in [4.69, 9.17) is 9.15 Å². The van der Waals surface area contributed by atoms with Crippen molar-refractivity contribution < 1.29 is 24.0 Å². The molecule has 110 valence electrons. The monoisotopic (exact) mass is 355 g/mol. The predicted octanol–water partition coefficient (Wildman–Crippen LogP) is 2.59. The van der Waals surface area contributed by atoms with Crippen LogP contribution in [0, 0.1) is 10.1 Å². The van der Waals surface area contributed by atoms with Crippen LogP contribution in [-0.2, 0) is 4.79 Å². The molecular formula is C13H10BrNO6. The number of aliphatic hydroxyl groups is 1. The van der Waals surface area contributed by atoms with Gasteiger partial charge >= 0.3 is 11.9 Å². The van der Waals surface area contributed by atoms with Crippen molar-refractivity contribution in [2.75, 3.05) is 0 Å². The zero-order valence-corrected chi connectivity index (χ0v) is 12.1. The zero-order chi connectivity index (χ0) is 15.4. The van der Waals surface area contributed by atoms with Gasteiger partial charge in [0, 0.05) is 0 Å². The number of carbonyl (C=O) groups is 1. The number of furan rings is 1. The minimum atomic E-state index is -1.41. The van der Waals surface area contributed by atoms with Gasteiger partial charge in [-0.15, -0.1) is 0 Å². The van der Waals surface area contributed by atoms with Gasteiger partial charge in [0.1, 0.15) is 27.4 Å². The van der Waals surface area contributed by atoms with Gasteiger partial charge in [-0.3, -0.25) is 14.9 Å². The van der Waals surface area contributed by atoms with Gasteiger partial charge in [0.05, 0.1) is 6.07 Å². The van der Waals surface area contributed by atoms with Crippen molar-refractivity contribution in [2.24, 2.45) is 0 Å². The topological polar surface area (TPSA) is 103 Å². The second-order valence-corrected chi connectivity index (χ2v) is 5.00. The molecule has 0 radical (unpaired) electrons. The van der Waals surface area contributed by atoms with Crippen molar-refractivity contribution in [1.29, 1.82) is 0 Å². The summed E-state index contributed by atoms with van der Waals surface area (Å²) < 4.78 is 9.89. The summed E-state index contributed by atoms with van der Waals surface area (Å²) in [5, 5.41) is 20.5. The number of carbonyl (C=O) groups excluding carboxylic acids is 1. The summed E-state index contributed by atoms with van der Waals surface area (Å²) in [6, 6.07) is 10.6. The Bertz CT molecular complexity index is 641. The number of halogens is 1. The Morgan fingerprint density at radius 3 is 2.52 bits per heavy atom. The minimum absolute atomic E-state index is 0.103. The highest BCUT2D eigenvalue weighted by molar-refractivity contribution is 9.10. The summed E-state index contributed by atoms with van der Waals surface area (Å²) >= 11 is 2.99. The number of hydrogen-bond acceptors (Lipinski definition) is 6. The molecule has 2 rings (SSSR count). The van der Waals surface area contributed by atoms with Crippen LogP contribution in [0.2, 0.25) is 0 Å². The standard InChI is InChI=1S/C13H10BrNO6/c14-11(13(17)20-8-4-2-1-3-5-8)12(16)9-6-7-10(21-9)15(18)19/h1-7,11-12,16H. The SMILES string of the molecule is O=C(Oc1ccccc1)C(Br)C(O)c1ccc([N+](=O)[O-])o1. The van der Waals surface area contributed by atoms with Gasteiger partial charge in [-0.05, 0) is 18.2 Å². The van der Waals surface area contributed by atoms with E-state index in [9.17, 15) is 20.0 Å². The molecule has 0 bridgehead atoms. The summed E-state index contributed by atoms with van der Waals surface area (Å²) in [7, 11) is 0. The summed E-state index contributed by atoms with van der Waals surface area (Å²) in [4.78, 5) is 20.5. The van der Waals surface area contributed by atoms with Crippen molar-refractivity contribution in [3.05, 3.63) is 58.3 Å². The van der Waals surface area contributed by atoms with Crippen LogP contribution in [0.1, 0.15) is 11.9 Å². The molecule has 1 aromatic carbocycles. The Morgan fingerprint density at radius 1 is 1.29 bits per heavy atom. The lowest BCUT2D eigenvalue weighted by atomic mass is 10.2. The normalized spacial score (nSPS) is 13.4. The lowest BCUT2D eigenvalue weighted by molar-refractivity contribution is -0.402. The highest BCUT2D eigenvalue weighted by atomic mass is 79.9. The first-order valence-corrected chi connectivity index (χ1v) is 6.73. The molecule has 0 aliphatic carbocycles. The van der Waals surface area contributed by atoms with Crippen molar-refractivity contribution in [2.45, 2.75) is 10.9 Å². The van der Waals surface area contributed by atoms with Gasteiger partial charge < -0.3 is 14.3 Å². The molecule has 0 aliphatic heterocycles. The Balaban J connectivity index is 2.05. The third kappa shape index (κ3) is 3.67. The molecule has 1 heterocycles. The number of esters is 1. The fourth-order valence-corrected chi connectivity index (χ4v) is 1.89. The van der Waals surface area contributed by atoms with Crippen molar-refractivity contribution in [3.8, 4) is 5.75 Å². The van der Waals surface area contributed by atoms with Crippen LogP contribution in [0.5, 0.6) is 5.75 Å². The lowest BCUT2D eigenvalue weighted by Gasteiger charge is -2.13. The molecule has 2 aromatic rings. The van der Waals surface area contributed by atoms with E-state index in [-0.39, 0.29) is 5.76 Å². The van der Waals surface area contributed by atoms with Gasteiger partial charge in [-0.2, -0.15) is 0 Å². The average molecular weight is 356 g/mol. The molecule has 8 heteroatoms. The summed E-state index contributed by atoms with van der Waals surface area (Å²) in [6.07, 6.45) is -1.41. The van der Waals surface area contributed by atoms with Crippen LogP contribution in [0.3, 0.4) is 0 Å². The van der Waals surface area contributed by atoms with E-state index in [1.807, 2.05) is 0 Å². The van der Waals surface area contributed by atoms with Crippen LogP contribution in [0.15, 0.2) is 46.9 Å². The van der Waals surface area contributed by atoms with Crippen LogP contribution in [-0.4, -0.2) is 20.8 Å². The van der Waals surface area contributed by atoms with Crippen molar-refractivity contribution in [1.82, 2.24) is 0 Å². The fourth-order valence-electron chi connectivity index (χ4n) is 1.53. The number of alkyl halides is 1. The summed E-state index contributed by atoms with van der Waals surface area (Å²) in [5.41, 5.74) is 0. The first kappa shape index (κ1) is 15.2. The van der Waals surface area contributed by atoms with Gasteiger partial charge in [0.25, 0.3) is 0 Å². The van der Waals surface area contributed by atoms with Gasteiger partial charge in [0.2, 0.25) is 0 Å². The summed E-state index contributed by atoms with van der Waals surface area (Å²) in [6.45, 7) is 0. The van der Waals surface area contributed by atoms with E-state index >= 15 is 0 Å². The number of ether oxygens (including phenoxy) is 1. The van der Waals surface area contributed by atoms with Gasteiger partial charge in [-0.25, -0.2) is 0 Å². The highest BCUT2D eigenvalue weighted by Gasteiger charge is 2.30. The van der Waals surface area contributed by atoms with Gasteiger partial charge in [0.15, 0.2) is 0 Å². The van der Waals surface area contributed by atoms with E-state index in [0.29, 0.717) is 5.75 Å². The third-order valence-electron chi connectivity index (χ3n) is 2.55. The first-order chi connectivity index (χ1) is 9.99. The second kappa shape index (κ2) is 6.51. The molecule has 2 unspecified atom stereocenters. The molecule has 0 fully saturated rings. The highest BCUT2D eigenvalue weighted by Crippen LogP contribution is 2.28. The number of benzene rings is 1. The quantitative estimate of drug-likeness (QED) is 0.290. The Morgan fingerprint density at radius 2 is 1.95 bits per heavy atom. The van der Waals surface area contributed by atoms with E-state index in [1.54, 1.807) is 30.3 Å². The van der Waals surface area contributed by atoms with E-state index < -0.39 is 27.7 Å². The van der Waals surface area contributed by atoms with Crippen LogP contribution < -0.4 is 4.74 Å². The third-order valence-corrected chi connectivity index (χ3v) is 3.42. The number of aliphatic hydroxyl groups excluding tert-OH is 1. The van der Waals surface area contributed by atoms with Crippen LogP contribution >= 0.6 is 15.9 Å². The van der Waals surface area contributed by atoms with Crippen molar-refractivity contribution >= 4 is 27.8 Å². The molecule has 1 aromatic heterocycles. The van der Waals surface area contributed by atoms with Crippen LogP contribution in [0.25, 0.3) is 0 Å². The second-order valence-electron chi connectivity index (χ2n) is 4.01. The molecule has 2 atom stereocenters. The Hall–Kier alpha value is -2.19.